The van der Waals surface area contributed by atoms with E-state index in [1.807, 2.05) is 43.0 Å². The van der Waals surface area contributed by atoms with Gasteiger partial charge >= 0.3 is 12.0 Å². The summed E-state index contributed by atoms with van der Waals surface area (Å²) in [5, 5.41) is 2.86. The second kappa shape index (κ2) is 12.2. The Morgan fingerprint density at radius 3 is 2.50 bits per heavy atom. The van der Waals surface area contributed by atoms with Gasteiger partial charge in [0, 0.05) is 50.5 Å². The average molecular weight is 523 g/mol. The summed E-state index contributed by atoms with van der Waals surface area (Å²) in [5.74, 6) is -0.997. The number of rotatable bonds is 7. The molecule has 0 aliphatic carbocycles. The van der Waals surface area contributed by atoms with Crippen LogP contribution in [0.2, 0.25) is 0 Å². The zero-order valence-corrected chi connectivity index (χ0v) is 22.2. The van der Waals surface area contributed by atoms with Crippen molar-refractivity contribution < 1.29 is 23.5 Å². The highest BCUT2D eigenvalue weighted by molar-refractivity contribution is 5.95. The van der Waals surface area contributed by atoms with Gasteiger partial charge in [0.25, 0.3) is 5.91 Å². The van der Waals surface area contributed by atoms with Crippen LogP contribution in [-0.4, -0.2) is 78.5 Å². The lowest BCUT2D eigenvalue weighted by Gasteiger charge is -2.38. The summed E-state index contributed by atoms with van der Waals surface area (Å²) in [6.45, 7) is 8.84. The number of carbonyl (C=O) groups excluding carboxylic acids is 3. The SMILES string of the molecule is CCOC(=O)C1=C(CN2CCCN(C(=O)c3ccc(C)cc3)CC2)N(CC)C(=O)NC1c1cccc(F)c1. The minimum Gasteiger partial charge on any atom is -0.463 e. The first kappa shape index (κ1) is 27.3. The van der Waals surface area contributed by atoms with Crippen LogP contribution in [-0.2, 0) is 9.53 Å². The average Bonchev–Trinajstić information content (AvgIpc) is 3.14. The van der Waals surface area contributed by atoms with Gasteiger partial charge < -0.3 is 15.0 Å². The molecule has 2 aromatic carbocycles. The van der Waals surface area contributed by atoms with Gasteiger partial charge in [-0.25, -0.2) is 14.0 Å². The third-order valence-electron chi connectivity index (χ3n) is 6.98. The van der Waals surface area contributed by atoms with Crippen LogP contribution in [0.1, 0.15) is 47.8 Å². The third kappa shape index (κ3) is 6.05. The van der Waals surface area contributed by atoms with Crippen LogP contribution in [0.3, 0.4) is 0 Å². The maximum Gasteiger partial charge on any atom is 0.338 e. The van der Waals surface area contributed by atoms with Crippen LogP contribution in [0.15, 0.2) is 59.8 Å². The number of urea groups is 1. The molecule has 38 heavy (non-hydrogen) atoms. The van der Waals surface area contributed by atoms with Crippen molar-refractivity contribution in [2.75, 3.05) is 45.9 Å². The fourth-order valence-corrected chi connectivity index (χ4v) is 5.02. The predicted molar refractivity (Wildman–Crippen MR) is 142 cm³/mol. The number of nitrogens with one attached hydrogen (secondary N) is 1. The molecule has 4 rings (SSSR count). The highest BCUT2D eigenvalue weighted by Crippen LogP contribution is 2.32. The van der Waals surface area contributed by atoms with Crippen LogP contribution < -0.4 is 5.32 Å². The molecule has 202 valence electrons. The number of nitrogens with zero attached hydrogens (tertiary/aromatic N) is 3. The van der Waals surface area contributed by atoms with Gasteiger partial charge in [0.2, 0.25) is 0 Å². The highest BCUT2D eigenvalue weighted by Gasteiger charge is 2.38. The van der Waals surface area contributed by atoms with E-state index in [-0.39, 0.29) is 18.5 Å². The molecule has 1 atom stereocenters. The summed E-state index contributed by atoms with van der Waals surface area (Å²) in [6, 6.07) is 12.3. The molecule has 9 heteroatoms. The van der Waals surface area contributed by atoms with E-state index in [0.29, 0.717) is 61.7 Å². The molecule has 3 amide bonds. The summed E-state index contributed by atoms with van der Waals surface area (Å²) >= 11 is 0. The molecular weight excluding hydrogens is 487 g/mol. The van der Waals surface area contributed by atoms with Crippen molar-refractivity contribution in [3.63, 3.8) is 0 Å². The van der Waals surface area contributed by atoms with E-state index < -0.39 is 17.8 Å². The molecule has 1 N–H and O–H groups in total. The molecule has 1 saturated heterocycles. The standard InChI is InChI=1S/C29H35FN4O4/c1-4-34-24(19-32-14-7-15-33(17-16-32)27(35)21-12-10-20(3)11-13-21)25(28(36)38-5-2)26(31-29(34)37)22-8-6-9-23(30)18-22/h6,8-13,18,26H,4-5,7,14-17,19H2,1-3H3,(H,31,37). The van der Waals surface area contributed by atoms with Crippen molar-refractivity contribution in [1.29, 1.82) is 0 Å². The summed E-state index contributed by atoms with van der Waals surface area (Å²) in [4.78, 5) is 45.0. The van der Waals surface area contributed by atoms with Gasteiger partial charge in [-0.2, -0.15) is 0 Å². The number of esters is 1. The molecule has 2 aliphatic rings. The predicted octanol–water partition coefficient (Wildman–Crippen LogP) is 3.89. The maximum atomic E-state index is 14.1. The number of likely N-dealkylation sites (N-methyl/N-ethyl adjacent to an activating group) is 1. The fraction of sp³-hybridized carbons (Fsp3) is 0.414. The van der Waals surface area contributed by atoms with Crippen molar-refractivity contribution >= 4 is 17.9 Å². The Morgan fingerprint density at radius 2 is 1.82 bits per heavy atom. The molecular formula is C29H35FN4O4. The number of hydrogen-bond donors (Lipinski definition) is 1. The van der Waals surface area contributed by atoms with Crippen molar-refractivity contribution in [3.8, 4) is 0 Å². The normalized spacial score (nSPS) is 18.7. The van der Waals surface area contributed by atoms with Crippen molar-refractivity contribution in [2.45, 2.75) is 33.2 Å². The number of ether oxygens (including phenoxy) is 1. The van der Waals surface area contributed by atoms with Crippen molar-refractivity contribution in [3.05, 3.63) is 82.3 Å². The Kier molecular flexibility index (Phi) is 8.78. The van der Waals surface area contributed by atoms with Gasteiger partial charge in [-0.05, 0) is 57.0 Å². The number of benzene rings is 2. The van der Waals surface area contributed by atoms with Crippen LogP contribution in [0.5, 0.6) is 0 Å². The zero-order chi connectivity index (χ0) is 27.2. The molecule has 0 saturated carbocycles. The Labute approximate surface area is 223 Å². The van der Waals surface area contributed by atoms with Crippen LogP contribution in [0.4, 0.5) is 9.18 Å². The van der Waals surface area contributed by atoms with E-state index in [1.54, 1.807) is 24.0 Å². The number of amides is 3. The Morgan fingerprint density at radius 1 is 1.05 bits per heavy atom. The number of carbonyl (C=O) groups is 3. The number of aryl methyl sites for hydroxylation is 1. The van der Waals surface area contributed by atoms with Gasteiger partial charge in [-0.15, -0.1) is 0 Å². The lowest BCUT2D eigenvalue weighted by atomic mass is 9.94. The molecule has 0 bridgehead atoms. The molecule has 1 fully saturated rings. The Bertz CT molecular complexity index is 1210. The summed E-state index contributed by atoms with van der Waals surface area (Å²) in [5.41, 5.74) is 3.08. The largest absolute Gasteiger partial charge is 0.463 e. The van der Waals surface area contributed by atoms with Gasteiger partial charge in [-0.3, -0.25) is 14.6 Å². The van der Waals surface area contributed by atoms with E-state index in [4.69, 9.17) is 4.74 Å². The molecule has 0 spiro atoms. The number of halogens is 1. The van der Waals surface area contributed by atoms with Gasteiger partial charge in [-0.1, -0.05) is 29.8 Å². The van der Waals surface area contributed by atoms with Gasteiger partial charge in [0.05, 0.1) is 18.2 Å². The molecule has 2 aliphatic heterocycles. The minimum absolute atomic E-state index is 0.00308. The fourth-order valence-electron chi connectivity index (χ4n) is 5.02. The van der Waals surface area contributed by atoms with E-state index in [1.165, 1.54) is 12.1 Å². The maximum absolute atomic E-state index is 14.1. The second-order valence-corrected chi connectivity index (χ2v) is 9.55. The minimum atomic E-state index is -0.832. The summed E-state index contributed by atoms with van der Waals surface area (Å²) in [7, 11) is 0. The van der Waals surface area contributed by atoms with E-state index >= 15 is 0 Å². The number of hydrogen-bond acceptors (Lipinski definition) is 5. The molecule has 1 unspecified atom stereocenters. The topological polar surface area (TPSA) is 82.2 Å². The third-order valence-corrected chi connectivity index (χ3v) is 6.98. The zero-order valence-electron chi connectivity index (χ0n) is 22.2. The summed E-state index contributed by atoms with van der Waals surface area (Å²) in [6.07, 6.45) is 0.755. The highest BCUT2D eigenvalue weighted by atomic mass is 19.1. The Hall–Kier alpha value is -3.72. The molecule has 0 radical (unpaired) electrons. The van der Waals surface area contributed by atoms with E-state index in [2.05, 4.69) is 10.2 Å². The van der Waals surface area contributed by atoms with Crippen molar-refractivity contribution in [1.82, 2.24) is 20.0 Å². The van der Waals surface area contributed by atoms with Crippen LogP contribution in [0.25, 0.3) is 0 Å². The second-order valence-electron chi connectivity index (χ2n) is 9.55. The quantitative estimate of drug-likeness (QED) is 0.558. The van der Waals surface area contributed by atoms with E-state index in [0.717, 1.165) is 12.0 Å². The van der Waals surface area contributed by atoms with Crippen molar-refractivity contribution in [2.24, 2.45) is 0 Å². The Balaban J connectivity index is 1.62. The first-order valence-electron chi connectivity index (χ1n) is 13.1. The molecule has 8 nitrogen and oxygen atoms in total. The monoisotopic (exact) mass is 522 g/mol. The van der Waals surface area contributed by atoms with Crippen LogP contribution >= 0.6 is 0 Å². The van der Waals surface area contributed by atoms with Gasteiger partial charge in [0.15, 0.2) is 0 Å². The summed E-state index contributed by atoms with van der Waals surface area (Å²) < 4.78 is 19.5. The lowest BCUT2D eigenvalue weighted by Crippen LogP contribution is -2.51. The van der Waals surface area contributed by atoms with Gasteiger partial charge in [0.1, 0.15) is 5.82 Å². The lowest BCUT2D eigenvalue weighted by molar-refractivity contribution is -0.139. The smallest absolute Gasteiger partial charge is 0.338 e. The first-order valence-corrected chi connectivity index (χ1v) is 13.1. The molecule has 2 heterocycles. The first-order chi connectivity index (χ1) is 18.3. The van der Waals surface area contributed by atoms with E-state index in [9.17, 15) is 18.8 Å². The molecule has 2 aromatic rings. The molecule has 0 aromatic heterocycles. The van der Waals surface area contributed by atoms with Crippen LogP contribution in [0, 0.1) is 12.7 Å².